The fourth-order valence-electron chi connectivity index (χ4n) is 4.15. The molecule has 3 aromatic carbocycles. The number of nitrogens with zero attached hydrogens (tertiary/aromatic N) is 2. The summed E-state index contributed by atoms with van der Waals surface area (Å²) in [6.07, 6.45) is 1.03. The third-order valence-corrected chi connectivity index (χ3v) is 9.05. The van der Waals surface area contributed by atoms with E-state index >= 15 is 0 Å². The molecule has 0 heterocycles. The monoisotopic (exact) mass is 603 g/mol. The van der Waals surface area contributed by atoms with E-state index in [2.05, 4.69) is 5.32 Å². The first kappa shape index (κ1) is 31.5. The molecule has 3 rings (SSSR count). The first-order chi connectivity index (χ1) is 19.0. The zero-order valence-electron chi connectivity index (χ0n) is 23.1. The van der Waals surface area contributed by atoms with Crippen LogP contribution in [0.2, 0.25) is 10.0 Å². The number of anilines is 1. The van der Waals surface area contributed by atoms with Crippen LogP contribution in [-0.4, -0.2) is 43.8 Å². The van der Waals surface area contributed by atoms with Crippen LogP contribution in [0.4, 0.5) is 5.69 Å². The number of rotatable bonds is 12. The third-order valence-electron chi connectivity index (χ3n) is 6.67. The van der Waals surface area contributed by atoms with E-state index in [9.17, 15) is 18.0 Å². The van der Waals surface area contributed by atoms with Gasteiger partial charge < -0.3 is 10.2 Å². The van der Waals surface area contributed by atoms with Gasteiger partial charge in [0.1, 0.15) is 12.6 Å². The summed E-state index contributed by atoms with van der Waals surface area (Å²) < 4.78 is 28.8. The Morgan fingerprint density at radius 3 is 2.15 bits per heavy atom. The smallest absolute Gasteiger partial charge is 0.264 e. The molecule has 2 unspecified atom stereocenters. The van der Waals surface area contributed by atoms with E-state index in [4.69, 9.17) is 23.2 Å². The van der Waals surface area contributed by atoms with E-state index in [1.54, 1.807) is 60.7 Å². The number of nitrogens with one attached hydrogen (secondary N) is 1. The van der Waals surface area contributed by atoms with Crippen molar-refractivity contribution >= 4 is 50.7 Å². The minimum Gasteiger partial charge on any atom is -0.352 e. The Hall–Kier alpha value is -3.07. The standard InChI is InChI=1S/C30H35Cl2N3O4S/c1-5-22(4)33-30(37)28(6-2)34(19-23-14-15-24(31)18-27(23)32)29(36)20-35(25-10-8-7-9-11-25)40(38,39)26-16-12-21(3)13-17-26/h7-18,22,28H,5-6,19-20H2,1-4H3,(H,33,37). The van der Waals surface area contributed by atoms with Crippen LogP contribution in [0.3, 0.4) is 0 Å². The summed E-state index contributed by atoms with van der Waals surface area (Å²) >= 11 is 12.5. The Labute approximate surface area is 247 Å². The highest BCUT2D eigenvalue weighted by Gasteiger charge is 2.34. The van der Waals surface area contributed by atoms with Gasteiger partial charge in [0.25, 0.3) is 10.0 Å². The molecule has 0 fully saturated rings. The quantitative estimate of drug-likeness (QED) is 0.266. The van der Waals surface area contributed by atoms with Crippen LogP contribution in [0.25, 0.3) is 0 Å². The Kier molecular flexibility index (Phi) is 11.0. The number of amides is 2. The third kappa shape index (κ3) is 7.77. The molecule has 40 heavy (non-hydrogen) atoms. The van der Waals surface area contributed by atoms with Gasteiger partial charge in [-0.3, -0.25) is 13.9 Å². The van der Waals surface area contributed by atoms with Crippen LogP contribution < -0.4 is 9.62 Å². The Bertz CT molecular complexity index is 1420. The Morgan fingerprint density at radius 2 is 1.57 bits per heavy atom. The molecular weight excluding hydrogens is 569 g/mol. The highest BCUT2D eigenvalue weighted by molar-refractivity contribution is 7.92. The summed E-state index contributed by atoms with van der Waals surface area (Å²) in [5.41, 5.74) is 1.82. The lowest BCUT2D eigenvalue weighted by Crippen LogP contribution is -2.53. The van der Waals surface area contributed by atoms with E-state index in [0.717, 1.165) is 16.3 Å². The molecule has 0 bridgehead atoms. The van der Waals surface area contributed by atoms with E-state index in [1.807, 2.05) is 27.7 Å². The molecular formula is C30H35Cl2N3O4S. The first-order valence-electron chi connectivity index (χ1n) is 13.2. The first-order valence-corrected chi connectivity index (χ1v) is 15.4. The van der Waals surface area contributed by atoms with Crippen LogP contribution in [0.5, 0.6) is 0 Å². The molecule has 2 atom stereocenters. The minimum absolute atomic E-state index is 0.00548. The summed E-state index contributed by atoms with van der Waals surface area (Å²) in [6, 6.07) is 18.9. The van der Waals surface area contributed by atoms with Crippen molar-refractivity contribution in [2.75, 3.05) is 10.8 Å². The van der Waals surface area contributed by atoms with Crippen molar-refractivity contribution in [2.24, 2.45) is 0 Å². The predicted molar refractivity (Wildman–Crippen MR) is 161 cm³/mol. The average molecular weight is 605 g/mol. The van der Waals surface area contributed by atoms with Crippen molar-refractivity contribution < 1.29 is 18.0 Å². The molecule has 0 aromatic heterocycles. The molecule has 0 saturated heterocycles. The van der Waals surface area contributed by atoms with E-state index in [1.165, 1.54) is 17.0 Å². The van der Waals surface area contributed by atoms with Crippen molar-refractivity contribution in [1.29, 1.82) is 0 Å². The zero-order chi connectivity index (χ0) is 29.4. The molecule has 1 N–H and O–H groups in total. The summed E-state index contributed by atoms with van der Waals surface area (Å²) in [5, 5.41) is 3.73. The molecule has 214 valence electrons. The number of hydrogen-bond acceptors (Lipinski definition) is 4. The second kappa shape index (κ2) is 14.0. The number of sulfonamides is 1. The van der Waals surface area contributed by atoms with Crippen molar-refractivity contribution in [3.05, 3.63) is 94.0 Å². The lowest BCUT2D eigenvalue weighted by molar-refractivity contribution is -0.140. The van der Waals surface area contributed by atoms with Crippen molar-refractivity contribution in [3.63, 3.8) is 0 Å². The summed E-state index contributed by atoms with van der Waals surface area (Å²) in [7, 11) is -4.12. The fourth-order valence-corrected chi connectivity index (χ4v) is 6.04. The predicted octanol–water partition coefficient (Wildman–Crippen LogP) is 6.22. The lowest BCUT2D eigenvalue weighted by Gasteiger charge is -2.34. The van der Waals surface area contributed by atoms with Gasteiger partial charge in [0, 0.05) is 22.6 Å². The van der Waals surface area contributed by atoms with Crippen LogP contribution in [0.1, 0.15) is 44.7 Å². The van der Waals surface area contributed by atoms with Gasteiger partial charge in [0.2, 0.25) is 11.8 Å². The maximum Gasteiger partial charge on any atom is 0.264 e. The number of benzene rings is 3. The normalized spacial score (nSPS) is 12.8. The minimum atomic E-state index is -4.12. The molecule has 0 aliphatic heterocycles. The molecule has 7 nitrogen and oxygen atoms in total. The van der Waals surface area contributed by atoms with E-state index in [-0.39, 0.29) is 23.4 Å². The number of halogens is 2. The second-order valence-electron chi connectivity index (χ2n) is 9.66. The highest BCUT2D eigenvalue weighted by atomic mass is 35.5. The van der Waals surface area contributed by atoms with Crippen LogP contribution >= 0.6 is 23.2 Å². The Balaban J connectivity index is 2.06. The molecule has 0 saturated carbocycles. The van der Waals surface area contributed by atoms with Gasteiger partial charge in [-0.05, 0) is 68.7 Å². The molecule has 2 amide bonds. The van der Waals surface area contributed by atoms with Gasteiger partial charge in [-0.15, -0.1) is 0 Å². The maximum atomic E-state index is 14.1. The zero-order valence-corrected chi connectivity index (χ0v) is 25.4. The van der Waals surface area contributed by atoms with Crippen molar-refractivity contribution in [3.8, 4) is 0 Å². The van der Waals surface area contributed by atoms with Crippen LogP contribution in [-0.2, 0) is 26.2 Å². The lowest BCUT2D eigenvalue weighted by atomic mass is 10.1. The average Bonchev–Trinajstić information content (AvgIpc) is 2.93. The van der Waals surface area contributed by atoms with Crippen LogP contribution in [0, 0.1) is 6.92 Å². The summed E-state index contributed by atoms with van der Waals surface area (Å²) in [4.78, 5) is 28.9. The molecule has 0 aliphatic carbocycles. The van der Waals surface area contributed by atoms with Gasteiger partial charge in [-0.2, -0.15) is 0 Å². The SMILES string of the molecule is CCC(C)NC(=O)C(CC)N(Cc1ccc(Cl)cc1Cl)C(=O)CN(c1ccccc1)S(=O)(=O)c1ccc(C)cc1. The van der Waals surface area contributed by atoms with Crippen molar-refractivity contribution in [2.45, 2.75) is 64.1 Å². The van der Waals surface area contributed by atoms with Crippen LogP contribution in [0.15, 0.2) is 77.7 Å². The number of aryl methyl sites for hydroxylation is 1. The van der Waals surface area contributed by atoms with Gasteiger partial charge in [-0.25, -0.2) is 8.42 Å². The molecule has 0 radical (unpaired) electrons. The van der Waals surface area contributed by atoms with Gasteiger partial charge in [0.15, 0.2) is 0 Å². The molecule has 3 aromatic rings. The highest BCUT2D eigenvalue weighted by Crippen LogP contribution is 2.27. The van der Waals surface area contributed by atoms with Gasteiger partial charge >= 0.3 is 0 Å². The molecule has 10 heteroatoms. The maximum absolute atomic E-state index is 14.1. The Morgan fingerprint density at radius 1 is 0.925 bits per heavy atom. The van der Waals surface area contributed by atoms with E-state index in [0.29, 0.717) is 27.7 Å². The fraction of sp³-hybridized carbons (Fsp3) is 0.333. The molecule has 0 aliphatic rings. The topological polar surface area (TPSA) is 86.8 Å². The summed E-state index contributed by atoms with van der Waals surface area (Å²) in [6.45, 7) is 6.99. The number of carbonyl (C=O) groups is 2. The van der Waals surface area contributed by atoms with Gasteiger partial charge in [0.05, 0.1) is 10.6 Å². The summed E-state index contributed by atoms with van der Waals surface area (Å²) in [5.74, 6) is -0.861. The molecule has 0 spiro atoms. The van der Waals surface area contributed by atoms with Gasteiger partial charge in [-0.1, -0.05) is 79.0 Å². The number of para-hydroxylation sites is 1. The largest absolute Gasteiger partial charge is 0.352 e. The number of hydrogen-bond donors (Lipinski definition) is 1. The van der Waals surface area contributed by atoms with E-state index < -0.39 is 28.5 Å². The van der Waals surface area contributed by atoms with Crippen molar-refractivity contribution in [1.82, 2.24) is 10.2 Å². The number of carbonyl (C=O) groups excluding carboxylic acids is 2. The second-order valence-corrected chi connectivity index (χ2v) is 12.4.